The quantitative estimate of drug-likeness (QED) is 0.336. The highest BCUT2D eigenvalue weighted by Crippen LogP contribution is 2.44. The van der Waals surface area contributed by atoms with Crippen molar-refractivity contribution in [3.63, 3.8) is 0 Å². The van der Waals surface area contributed by atoms with Crippen LogP contribution >= 0.6 is 11.3 Å². The fourth-order valence-electron chi connectivity index (χ4n) is 5.21. The maximum absolute atomic E-state index is 13.8. The van der Waals surface area contributed by atoms with E-state index in [1.807, 2.05) is 16.2 Å². The molecule has 4 aromatic rings. The van der Waals surface area contributed by atoms with Gasteiger partial charge in [0.2, 0.25) is 0 Å². The van der Waals surface area contributed by atoms with Crippen LogP contribution in [0.3, 0.4) is 0 Å². The molecule has 0 bridgehead atoms. The van der Waals surface area contributed by atoms with Gasteiger partial charge in [0, 0.05) is 22.3 Å². The molecule has 0 saturated heterocycles. The molecule has 1 aliphatic heterocycles. The van der Waals surface area contributed by atoms with Gasteiger partial charge in [-0.1, -0.05) is 29.8 Å². The number of nitrogens with zero attached hydrogens (tertiary/aromatic N) is 2. The monoisotopic (exact) mass is 471 g/mol. The van der Waals surface area contributed by atoms with E-state index in [0.717, 1.165) is 24.1 Å². The first-order valence-electron chi connectivity index (χ1n) is 11.8. The molecule has 4 nitrogen and oxygen atoms in total. The maximum atomic E-state index is 13.8. The average molecular weight is 472 g/mol. The van der Waals surface area contributed by atoms with Gasteiger partial charge in [-0.3, -0.25) is 0 Å². The van der Waals surface area contributed by atoms with Crippen molar-refractivity contribution in [3.05, 3.63) is 106 Å². The lowest BCUT2D eigenvalue weighted by Gasteiger charge is -2.31. The number of urea groups is 1. The van der Waals surface area contributed by atoms with Gasteiger partial charge in [-0.05, 0) is 80.1 Å². The van der Waals surface area contributed by atoms with E-state index in [2.05, 4.69) is 59.4 Å². The minimum Gasteiger partial charge on any atom is -0.310 e. The highest BCUT2D eigenvalue weighted by Gasteiger charge is 2.36. The Balaban J connectivity index is 1.49. The number of nitrogens with one attached hydrogen (secondary N) is 1. The number of carbonyl (C=O) groups excluding carboxylic acids is 1. The van der Waals surface area contributed by atoms with Crippen LogP contribution in [0.25, 0.3) is 5.00 Å². The Bertz CT molecular complexity index is 1350. The van der Waals surface area contributed by atoms with Crippen molar-refractivity contribution in [2.75, 3.05) is 5.32 Å². The summed E-state index contributed by atoms with van der Waals surface area (Å²) in [4.78, 5) is 17.2. The largest absolute Gasteiger partial charge is 0.322 e. The van der Waals surface area contributed by atoms with Crippen molar-refractivity contribution in [2.24, 2.45) is 0 Å². The molecule has 172 valence electrons. The summed E-state index contributed by atoms with van der Waals surface area (Å²) in [5, 5.41) is 4.26. The Morgan fingerprint density at radius 3 is 2.56 bits per heavy atom. The molecule has 1 N–H and O–H groups in total. The first-order chi connectivity index (χ1) is 16.6. The number of thiophene rings is 1. The van der Waals surface area contributed by atoms with Gasteiger partial charge in [0.05, 0.1) is 18.3 Å². The van der Waals surface area contributed by atoms with Crippen LogP contribution in [0.2, 0.25) is 0 Å². The van der Waals surface area contributed by atoms with Crippen molar-refractivity contribution in [3.8, 4) is 5.00 Å². The number of amides is 2. The standard InChI is InChI=1S/C28H26FN3OS/c1-18-8-10-19(11-9-18)26-24-6-4-16-31(24)27-23(22-5-2-3-7-25(22)34-27)17-32(26)28(33)30-21-14-12-20(29)13-15-21/h4,6,8-16,26H,2-3,5,7,17H2,1H3,(H,30,33)/t26-/m0/s1. The molecule has 0 spiro atoms. The smallest absolute Gasteiger partial charge is 0.310 e. The van der Waals surface area contributed by atoms with Gasteiger partial charge in [-0.2, -0.15) is 0 Å². The Kier molecular flexibility index (Phi) is 5.26. The van der Waals surface area contributed by atoms with Gasteiger partial charge < -0.3 is 14.8 Å². The zero-order valence-corrected chi connectivity index (χ0v) is 19.9. The Morgan fingerprint density at radius 1 is 1.00 bits per heavy atom. The normalized spacial score (nSPS) is 16.9. The molecule has 0 saturated carbocycles. The first kappa shape index (κ1) is 21.2. The average Bonchev–Trinajstić information content (AvgIpc) is 3.43. The second-order valence-electron chi connectivity index (χ2n) is 9.18. The predicted octanol–water partition coefficient (Wildman–Crippen LogP) is 7.00. The predicted molar refractivity (Wildman–Crippen MR) is 134 cm³/mol. The summed E-state index contributed by atoms with van der Waals surface area (Å²) in [6.45, 7) is 2.61. The SMILES string of the molecule is Cc1ccc([C@H]2c3cccn3-c3sc4c(c3CN2C(=O)Nc2ccc(F)cc2)CCCC4)cc1. The number of aryl methyl sites for hydroxylation is 2. The number of carbonyl (C=O) groups is 1. The topological polar surface area (TPSA) is 37.3 Å². The Hall–Kier alpha value is -3.38. The van der Waals surface area contributed by atoms with Gasteiger partial charge in [0.1, 0.15) is 10.8 Å². The zero-order valence-electron chi connectivity index (χ0n) is 19.1. The zero-order chi connectivity index (χ0) is 23.2. The van der Waals surface area contributed by atoms with Crippen LogP contribution in [0.4, 0.5) is 14.9 Å². The van der Waals surface area contributed by atoms with Gasteiger partial charge in [0.25, 0.3) is 0 Å². The Labute approximate surface area is 202 Å². The van der Waals surface area contributed by atoms with Crippen LogP contribution in [-0.2, 0) is 19.4 Å². The van der Waals surface area contributed by atoms with E-state index in [1.54, 1.807) is 12.1 Å². The number of benzene rings is 2. The number of anilines is 1. The number of rotatable bonds is 2. The number of halogens is 1. The van der Waals surface area contributed by atoms with Gasteiger partial charge >= 0.3 is 6.03 Å². The van der Waals surface area contributed by atoms with Crippen LogP contribution < -0.4 is 5.32 Å². The molecule has 0 unspecified atom stereocenters. The van der Waals surface area contributed by atoms with Crippen LogP contribution in [0, 0.1) is 12.7 Å². The van der Waals surface area contributed by atoms with Gasteiger partial charge in [-0.15, -0.1) is 11.3 Å². The number of aromatic nitrogens is 1. The summed E-state index contributed by atoms with van der Waals surface area (Å²) in [6, 6.07) is 18.1. The van der Waals surface area contributed by atoms with E-state index >= 15 is 0 Å². The van der Waals surface area contributed by atoms with E-state index in [-0.39, 0.29) is 17.9 Å². The highest BCUT2D eigenvalue weighted by molar-refractivity contribution is 7.15. The molecule has 6 rings (SSSR count). The van der Waals surface area contributed by atoms with Crippen LogP contribution in [-0.4, -0.2) is 15.5 Å². The lowest BCUT2D eigenvalue weighted by Crippen LogP contribution is -2.38. The molecule has 3 heterocycles. The molecule has 2 amide bonds. The molecule has 2 aliphatic rings. The summed E-state index contributed by atoms with van der Waals surface area (Å²) in [5.41, 5.74) is 6.61. The molecule has 2 aromatic carbocycles. The van der Waals surface area contributed by atoms with Crippen LogP contribution in [0.15, 0.2) is 66.9 Å². The molecule has 2 aromatic heterocycles. The molecular formula is C28H26FN3OS. The number of fused-ring (bicyclic) bond motifs is 5. The van der Waals surface area contributed by atoms with Crippen molar-refractivity contribution in [1.29, 1.82) is 0 Å². The summed E-state index contributed by atoms with van der Waals surface area (Å²) in [6.07, 6.45) is 6.73. The third kappa shape index (κ3) is 3.62. The molecular weight excluding hydrogens is 445 g/mol. The summed E-state index contributed by atoms with van der Waals surface area (Å²) in [7, 11) is 0. The lowest BCUT2D eigenvalue weighted by atomic mass is 9.95. The third-order valence-electron chi connectivity index (χ3n) is 6.93. The number of hydrogen-bond acceptors (Lipinski definition) is 2. The van der Waals surface area contributed by atoms with Crippen LogP contribution in [0.5, 0.6) is 0 Å². The Morgan fingerprint density at radius 2 is 1.76 bits per heavy atom. The van der Waals surface area contributed by atoms with E-state index in [0.29, 0.717) is 12.2 Å². The molecule has 0 radical (unpaired) electrons. The van der Waals surface area contributed by atoms with Crippen molar-refractivity contribution in [1.82, 2.24) is 9.47 Å². The molecule has 1 atom stereocenters. The molecule has 34 heavy (non-hydrogen) atoms. The van der Waals surface area contributed by atoms with Crippen molar-refractivity contribution in [2.45, 2.75) is 45.2 Å². The fourth-order valence-corrected chi connectivity index (χ4v) is 6.62. The molecule has 1 aliphatic carbocycles. The third-order valence-corrected chi connectivity index (χ3v) is 8.26. The van der Waals surface area contributed by atoms with E-state index in [4.69, 9.17) is 0 Å². The first-order valence-corrected chi connectivity index (χ1v) is 12.6. The maximum Gasteiger partial charge on any atom is 0.322 e. The highest BCUT2D eigenvalue weighted by atomic mass is 32.1. The minimum atomic E-state index is -0.322. The minimum absolute atomic E-state index is 0.187. The van der Waals surface area contributed by atoms with Crippen molar-refractivity contribution < 1.29 is 9.18 Å². The second kappa shape index (κ2) is 8.44. The second-order valence-corrected chi connectivity index (χ2v) is 10.3. The van der Waals surface area contributed by atoms with E-state index < -0.39 is 0 Å². The van der Waals surface area contributed by atoms with Gasteiger partial charge in [0.15, 0.2) is 0 Å². The van der Waals surface area contributed by atoms with Crippen molar-refractivity contribution >= 4 is 23.1 Å². The summed E-state index contributed by atoms with van der Waals surface area (Å²) >= 11 is 1.88. The van der Waals surface area contributed by atoms with E-state index in [9.17, 15) is 9.18 Å². The van der Waals surface area contributed by atoms with Gasteiger partial charge in [-0.25, -0.2) is 9.18 Å². The lowest BCUT2D eigenvalue weighted by molar-refractivity contribution is 0.194. The summed E-state index contributed by atoms with van der Waals surface area (Å²) in [5.74, 6) is -0.322. The number of hydrogen-bond donors (Lipinski definition) is 1. The molecule has 0 fully saturated rings. The molecule has 6 heteroatoms. The van der Waals surface area contributed by atoms with E-state index in [1.165, 1.54) is 51.5 Å². The summed E-state index contributed by atoms with van der Waals surface area (Å²) < 4.78 is 15.7. The fraction of sp³-hybridized carbons (Fsp3) is 0.250. The van der Waals surface area contributed by atoms with Crippen LogP contribution in [0.1, 0.15) is 51.7 Å².